The normalized spacial score (nSPS) is 11.7. The van der Waals surface area contributed by atoms with Gasteiger partial charge in [-0.15, -0.1) is 0 Å². The maximum absolute atomic E-state index is 6.29. The molecule has 3 nitrogen and oxygen atoms in total. The van der Waals surface area contributed by atoms with E-state index in [2.05, 4.69) is 264 Å². The van der Waals surface area contributed by atoms with Crippen molar-refractivity contribution in [1.29, 1.82) is 0 Å². The molecule has 14 aromatic rings. The number of para-hydroxylation sites is 4. The Balaban J connectivity index is 0.832. The van der Waals surface area contributed by atoms with Crippen LogP contribution in [0.2, 0.25) is 0 Å². The number of benzene rings is 12. The quantitative estimate of drug-likeness (QED) is 0.142. The Bertz CT molecular complexity index is 4280. The van der Waals surface area contributed by atoms with Crippen LogP contribution in [0.1, 0.15) is 0 Å². The lowest BCUT2D eigenvalue weighted by Crippen LogP contribution is -2.11. The molecule has 0 N–H and O–H groups in total. The zero-order valence-corrected chi connectivity index (χ0v) is 38.7. The summed E-state index contributed by atoms with van der Waals surface area (Å²) in [6.45, 7) is 0. The van der Waals surface area contributed by atoms with Crippen molar-refractivity contribution in [3.05, 3.63) is 267 Å². The zero-order valence-electron chi connectivity index (χ0n) is 38.7. The summed E-state index contributed by atoms with van der Waals surface area (Å²) in [4.78, 5) is 2.40. The van der Waals surface area contributed by atoms with Gasteiger partial charge in [-0.25, -0.2) is 0 Å². The predicted octanol–water partition coefficient (Wildman–Crippen LogP) is 19.1. The molecule has 332 valence electrons. The molecule has 0 saturated carbocycles. The number of nitrogens with zero attached hydrogens (tertiary/aromatic N) is 2. The second kappa shape index (κ2) is 16.7. The van der Waals surface area contributed by atoms with Crippen molar-refractivity contribution < 1.29 is 4.42 Å². The van der Waals surface area contributed by atoms with Crippen molar-refractivity contribution in [3.63, 3.8) is 0 Å². The average Bonchev–Trinajstić information content (AvgIpc) is 4.00. The molecule has 14 rings (SSSR count). The van der Waals surface area contributed by atoms with Crippen LogP contribution in [-0.2, 0) is 0 Å². The summed E-state index contributed by atoms with van der Waals surface area (Å²) < 4.78 is 8.68. The smallest absolute Gasteiger partial charge is 0.136 e. The predicted molar refractivity (Wildman–Crippen MR) is 299 cm³/mol. The van der Waals surface area contributed by atoms with E-state index in [4.69, 9.17) is 4.42 Å². The first-order valence-corrected chi connectivity index (χ1v) is 24.3. The standard InChI is InChI=1S/C68H44N2O/c1-2-16-56-48(13-1)31-32-51-43-52(37-42-57(51)56)58-17-3-7-22-63(58)69(54-40-35-49(36-41-54)59-21-12-26-67-68(59)62-20-6-10-25-66(62)71-67)53-38-33-46(34-39-53)45-27-29-47(30-28-45)50-14-11-15-55(44-50)70-64-23-8-4-18-60(64)61-19-5-9-24-65(61)70/h1-44H. The van der Waals surface area contributed by atoms with Gasteiger partial charge < -0.3 is 13.9 Å². The average molecular weight is 905 g/mol. The molecule has 0 aliphatic carbocycles. The molecule has 0 amide bonds. The van der Waals surface area contributed by atoms with E-state index in [0.29, 0.717) is 0 Å². The Morgan fingerprint density at radius 2 is 0.817 bits per heavy atom. The molecule has 71 heavy (non-hydrogen) atoms. The van der Waals surface area contributed by atoms with Crippen molar-refractivity contribution in [1.82, 2.24) is 4.57 Å². The van der Waals surface area contributed by atoms with Crippen LogP contribution in [0.15, 0.2) is 271 Å². The summed E-state index contributed by atoms with van der Waals surface area (Å²) in [7, 11) is 0. The molecule has 0 saturated heterocycles. The molecule has 0 atom stereocenters. The molecule has 0 spiro atoms. The van der Waals surface area contributed by atoms with E-state index in [9.17, 15) is 0 Å². The molecule has 2 aromatic heterocycles. The van der Waals surface area contributed by atoms with Crippen LogP contribution < -0.4 is 4.90 Å². The molecular weight excluding hydrogens is 861 g/mol. The Kier molecular flexibility index (Phi) is 9.53. The molecule has 2 heterocycles. The lowest BCUT2D eigenvalue weighted by atomic mass is 9.95. The van der Waals surface area contributed by atoms with E-state index in [0.717, 1.165) is 66.9 Å². The number of rotatable bonds is 8. The monoisotopic (exact) mass is 904 g/mol. The summed E-state index contributed by atoms with van der Waals surface area (Å²) in [5.41, 5.74) is 17.9. The first-order valence-electron chi connectivity index (χ1n) is 24.3. The highest BCUT2D eigenvalue weighted by atomic mass is 16.3. The van der Waals surface area contributed by atoms with E-state index < -0.39 is 0 Å². The van der Waals surface area contributed by atoms with Gasteiger partial charge in [0.25, 0.3) is 0 Å². The summed E-state index contributed by atoms with van der Waals surface area (Å²) in [5, 5.41) is 9.79. The van der Waals surface area contributed by atoms with E-state index >= 15 is 0 Å². The fourth-order valence-corrected chi connectivity index (χ4v) is 11.0. The highest BCUT2D eigenvalue weighted by Crippen LogP contribution is 2.44. The van der Waals surface area contributed by atoms with Crippen molar-refractivity contribution in [2.45, 2.75) is 0 Å². The van der Waals surface area contributed by atoms with Gasteiger partial charge in [-0.05, 0) is 133 Å². The minimum atomic E-state index is 0.895. The van der Waals surface area contributed by atoms with Gasteiger partial charge in [0.2, 0.25) is 0 Å². The van der Waals surface area contributed by atoms with Crippen molar-refractivity contribution in [2.24, 2.45) is 0 Å². The Hall–Kier alpha value is -9.44. The summed E-state index contributed by atoms with van der Waals surface area (Å²) in [5.74, 6) is 0. The molecule has 12 aromatic carbocycles. The van der Waals surface area contributed by atoms with Gasteiger partial charge in [0.1, 0.15) is 11.2 Å². The number of aromatic nitrogens is 1. The Morgan fingerprint density at radius 3 is 1.56 bits per heavy atom. The molecule has 0 unspecified atom stereocenters. The van der Waals surface area contributed by atoms with E-state index in [-0.39, 0.29) is 0 Å². The lowest BCUT2D eigenvalue weighted by molar-refractivity contribution is 0.669. The second-order valence-corrected chi connectivity index (χ2v) is 18.4. The number of furan rings is 1. The van der Waals surface area contributed by atoms with Gasteiger partial charge in [-0.3, -0.25) is 0 Å². The maximum atomic E-state index is 6.29. The van der Waals surface area contributed by atoms with E-state index in [1.165, 1.54) is 65.6 Å². The van der Waals surface area contributed by atoms with Crippen LogP contribution in [0.5, 0.6) is 0 Å². The molecular formula is C68H44N2O. The molecule has 0 aliphatic heterocycles. The van der Waals surface area contributed by atoms with Crippen molar-refractivity contribution >= 4 is 82.4 Å². The summed E-state index contributed by atoms with van der Waals surface area (Å²) in [6.07, 6.45) is 0. The lowest BCUT2D eigenvalue weighted by Gasteiger charge is -2.28. The summed E-state index contributed by atoms with van der Waals surface area (Å²) >= 11 is 0. The highest BCUT2D eigenvalue weighted by Gasteiger charge is 2.20. The van der Waals surface area contributed by atoms with Crippen molar-refractivity contribution in [3.8, 4) is 50.2 Å². The SMILES string of the molecule is c1cc(-c2ccc(-c3ccc(N(c4ccc(-c5cccc6oc7ccccc7c56)cc4)c4ccccc4-c4ccc5c(ccc6ccccc65)c4)cc3)cc2)cc(-n2c3ccccc3c3ccccc32)c1. The minimum Gasteiger partial charge on any atom is -0.456 e. The number of hydrogen-bond acceptors (Lipinski definition) is 2. The third kappa shape index (κ3) is 6.89. The van der Waals surface area contributed by atoms with Gasteiger partial charge in [0, 0.05) is 44.2 Å². The first kappa shape index (κ1) is 40.6. The van der Waals surface area contributed by atoms with Crippen LogP contribution in [-0.4, -0.2) is 4.57 Å². The number of fused-ring (bicyclic) bond motifs is 9. The molecule has 3 heteroatoms. The van der Waals surface area contributed by atoms with Gasteiger partial charge in [-0.1, -0.05) is 194 Å². The van der Waals surface area contributed by atoms with Crippen LogP contribution in [0, 0.1) is 0 Å². The second-order valence-electron chi connectivity index (χ2n) is 18.4. The van der Waals surface area contributed by atoms with Crippen LogP contribution in [0.25, 0.3) is 115 Å². The number of anilines is 3. The molecule has 0 aliphatic rings. The highest BCUT2D eigenvalue weighted by molar-refractivity contribution is 6.13. The van der Waals surface area contributed by atoms with Crippen LogP contribution in [0.4, 0.5) is 17.1 Å². The zero-order chi connectivity index (χ0) is 46.8. The maximum Gasteiger partial charge on any atom is 0.136 e. The molecule has 0 bridgehead atoms. The van der Waals surface area contributed by atoms with E-state index in [1.807, 2.05) is 12.1 Å². The third-order valence-corrected chi connectivity index (χ3v) is 14.4. The van der Waals surface area contributed by atoms with Crippen molar-refractivity contribution in [2.75, 3.05) is 4.90 Å². The minimum absolute atomic E-state index is 0.895. The Labute approximate surface area is 411 Å². The number of hydrogen-bond donors (Lipinski definition) is 0. The van der Waals surface area contributed by atoms with Gasteiger partial charge >= 0.3 is 0 Å². The first-order chi connectivity index (χ1) is 35.2. The third-order valence-electron chi connectivity index (χ3n) is 14.4. The van der Waals surface area contributed by atoms with Crippen LogP contribution >= 0.6 is 0 Å². The summed E-state index contributed by atoms with van der Waals surface area (Å²) in [6, 6.07) is 96.7. The van der Waals surface area contributed by atoms with Gasteiger partial charge in [-0.2, -0.15) is 0 Å². The van der Waals surface area contributed by atoms with Gasteiger partial charge in [0.05, 0.1) is 16.7 Å². The molecule has 0 fully saturated rings. The topological polar surface area (TPSA) is 21.3 Å². The fraction of sp³-hybridized carbons (Fsp3) is 0. The fourth-order valence-electron chi connectivity index (χ4n) is 11.0. The molecule has 0 radical (unpaired) electrons. The van der Waals surface area contributed by atoms with Crippen LogP contribution in [0.3, 0.4) is 0 Å². The van der Waals surface area contributed by atoms with Gasteiger partial charge in [0.15, 0.2) is 0 Å². The Morgan fingerprint density at radius 1 is 0.296 bits per heavy atom. The largest absolute Gasteiger partial charge is 0.456 e. The van der Waals surface area contributed by atoms with E-state index in [1.54, 1.807) is 0 Å².